The Morgan fingerprint density at radius 1 is 0.891 bits per heavy atom. The van der Waals surface area contributed by atoms with Crippen LogP contribution in [-0.4, -0.2) is 53.6 Å². The predicted octanol–water partition coefficient (Wildman–Crippen LogP) is 6.92. The van der Waals surface area contributed by atoms with Crippen molar-refractivity contribution >= 4 is 17.6 Å². The number of hydrogen-bond donors (Lipinski definition) is 1. The Hall–Kier alpha value is -4.76. The third kappa shape index (κ3) is 9.14. The molecule has 0 aromatic heterocycles. The average molecular weight is 626 g/mol. The number of likely N-dealkylation sites (tertiary alicyclic amines) is 1. The normalized spacial score (nSPS) is 18.0. The molecule has 0 aliphatic carbocycles. The summed E-state index contributed by atoms with van der Waals surface area (Å²) in [6.07, 6.45) is 1.98. The van der Waals surface area contributed by atoms with E-state index in [1.165, 1.54) is 23.3 Å². The second kappa shape index (κ2) is 16.0. The molecule has 9 heteroatoms. The number of benzene rings is 3. The third-order valence-electron chi connectivity index (χ3n) is 8.36. The van der Waals surface area contributed by atoms with E-state index in [-0.39, 0.29) is 18.1 Å². The molecular weight excluding hydrogens is 582 g/mol. The van der Waals surface area contributed by atoms with E-state index in [2.05, 4.69) is 70.9 Å². The molecule has 1 N–H and O–H groups in total. The number of nitro benzene ring substituents is 1. The quantitative estimate of drug-likeness (QED) is 0.147. The number of para-hydroxylation sites is 1. The van der Waals surface area contributed by atoms with E-state index in [0.29, 0.717) is 30.2 Å². The van der Waals surface area contributed by atoms with Crippen LogP contribution < -0.4 is 5.32 Å². The van der Waals surface area contributed by atoms with Crippen molar-refractivity contribution in [2.45, 2.75) is 58.5 Å². The van der Waals surface area contributed by atoms with Crippen LogP contribution in [0.3, 0.4) is 0 Å². The lowest BCUT2D eigenvalue weighted by molar-refractivity contribution is -0.384. The summed E-state index contributed by atoms with van der Waals surface area (Å²) >= 11 is 0. The Bertz CT molecular complexity index is 1520. The molecule has 2 aliphatic heterocycles. The van der Waals surface area contributed by atoms with E-state index < -0.39 is 16.5 Å². The Labute approximate surface area is 271 Å². The van der Waals surface area contributed by atoms with Crippen molar-refractivity contribution in [1.29, 1.82) is 0 Å². The number of nitrogens with zero attached hydrogens (tertiary/aromatic N) is 2. The van der Waals surface area contributed by atoms with Gasteiger partial charge in [-0.2, -0.15) is 0 Å². The zero-order valence-electron chi connectivity index (χ0n) is 27.0. The SMILES string of the molecule is CCOC(=O)C1=C(C)NC(C)=C(C(=O)O[C@]2(C)CCN(CCC(c3ccccc3)c3ccccc3)C2)C1.O=[N+]([O-])c1ccccc1. The van der Waals surface area contributed by atoms with E-state index in [1.807, 2.05) is 20.8 Å². The maximum atomic E-state index is 13.2. The zero-order chi connectivity index (χ0) is 33.1. The van der Waals surface area contributed by atoms with Crippen molar-refractivity contribution in [3.05, 3.63) is 135 Å². The molecule has 9 nitrogen and oxygen atoms in total. The molecule has 5 rings (SSSR count). The number of non-ortho nitro benzene ring substituents is 1. The molecule has 1 atom stereocenters. The van der Waals surface area contributed by atoms with Crippen molar-refractivity contribution in [1.82, 2.24) is 10.2 Å². The fourth-order valence-corrected chi connectivity index (χ4v) is 5.89. The van der Waals surface area contributed by atoms with E-state index in [4.69, 9.17) is 9.47 Å². The van der Waals surface area contributed by atoms with E-state index in [1.54, 1.807) is 25.1 Å². The van der Waals surface area contributed by atoms with Gasteiger partial charge >= 0.3 is 11.9 Å². The topological polar surface area (TPSA) is 111 Å². The van der Waals surface area contributed by atoms with Gasteiger partial charge in [-0.3, -0.25) is 15.0 Å². The lowest BCUT2D eigenvalue weighted by Gasteiger charge is -2.28. The number of carbonyl (C=O) groups excluding carboxylic acids is 2. The molecule has 46 heavy (non-hydrogen) atoms. The number of ether oxygens (including phenoxy) is 2. The monoisotopic (exact) mass is 625 g/mol. The fourth-order valence-electron chi connectivity index (χ4n) is 5.89. The van der Waals surface area contributed by atoms with Gasteiger partial charge < -0.3 is 14.8 Å². The lowest BCUT2D eigenvalue weighted by atomic mass is 9.88. The summed E-state index contributed by atoms with van der Waals surface area (Å²) in [6.45, 7) is 10.2. The molecule has 1 saturated heterocycles. The van der Waals surface area contributed by atoms with Crippen LogP contribution in [0.5, 0.6) is 0 Å². The Balaban J connectivity index is 0.000000459. The second-order valence-corrected chi connectivity index (χ2v) is 11.9. The first-order valence-corrected chi connectivity index (χ1v) is 15.7. The Kier molecular flexibility index (Phi) is 11.9. The summed E-state index contributed by atoms with van der Waals surface area (Å²) in [5.74, 6) is -0.445. The van der Waals surface area contributed by atoms with Crippen LogP contribution in [-0.2, 0) is 19.1 Å². The number of nitrogens with one attached hydrogen (secondary N) is 1. The minimum absolute atomic E-state index is 0.137. The minimum atomic E-state index is -0.570. The lowest BCUT2D eigenvalue weighted by Crippen LogP contribution is -2.37. The van der Waals surface area contributed by atoms with Crippen LogP contribution in [0, 0.1) is 10.1 Å². The largest absolute Gasteiger partial charge is 0.463 e. The van der Waals surface area contributed by atoms with Crippen molar-refractivity contribution in [2.75, 3.05) is 26.2 Å². The number of allylic oxidation sites excluding steroid dienone is 2. The number of esters is 2. The molecule has 2 heterocycles. The molecule has 2 aliphatic rings. The number of nitro groups is 1. The van der Waals surface area contributed by atoms with Crippen molar-refractivity contribution in [3.63, 3.8) is 0 Å². The first-order chi connectivity index (χ1) is 22.1. The van der Waals surface area contributed by atoms with Crippen LogP contribution in [0.25, 0.3) is 0 Å². The molecule has 0 amide bonds. The maximum absolute atomic E-state index is 13.2. The third-order valence-corrected chi connectivity index (χ3v) is 8.36. The van der Waals surface area contributed by atoms with Crippen molar-refractivity contribution < 1.29 is 24.0 Å². The van der Waals surface area contributed by atoms with Gasteiger partial charge in [0.05, 0.1) is 22.7 Å². The number of hydrogen-bond acceptors (Lipinski definition) is 8. The molecule has 3 aromatic carbocycles. The molecule has 0 saturated carbocycles. The van der Waals surface area contributed by atoms with E-state index >= 15 is 0 Å². The molecule has 0 unspecified atom stereocenters. The smallest absolute Gasteiger partial charge is 0.336 e. The minimum Gasteiger partial charge on any atom is -0.463 e. The van der Waals surface area contributed by atoms with E-state index in [0.717, 1.165) is 37.3 Å². The Morgan fingerprint density at radius 3 is 1.91 bits per heavy atom. The van der Waals surface area contributed by atoms with Gasteiger partial charge in [0.1, 0.15) is 5.60 Å². The summed E-state index contributed by atoms with van der Waals surface area (Å²) in [4.78, 5) is 37.6. The molecular formula is C37H43N3O6. The summed E-state index contributed by atoms with van der Waals surface area (Å²) in [5.41, 5.74) is 4.61. The Morgan fingerprint density at radius 2 is 1.41 bits per heavy atom. The van der Waals surface area contributed by atoms with Gasteiger partial charge in [0.15, 0.2) is 0 Å². The first-order valence-electron chi connectivity index (χ1n) is 15.7. The van der Waals surface area contributed by atoms with Gasteiger partial charge in [-0.15, -0.1) is 0 Å². The van der Waals surface area contributed by atoms with Gasteiger partial charge in [0.25, 0.3) is 5.69 Å². The highest BCUT2D eigenvalue weighted by Gasteiger charge is 2.39. The molecule has 3 aromatic rings. The van der Waals surface area contributed by atoms with Crippen molar-refractivity contribution in [2.24, 2.45) is 0 Å². The molecule has 0 bridgehead atoms. The summed E-state index contributed by atoms with van der Waals surface area (Å²) < 4.78 is 11.3. The van der Waals surface area contributed by atoms with E-state index in [9.17, 15) is 19.7 Å². The van der Waals surface area contributed by atoms with Crippen molar-refractivity contribution in [3.8, 4) is 0 Å². The van der Waals surface area contributed by atoms with Crippen LogP contribution in [0.4, 0.5) is 5.69 Å². The van der Waals surface area contributed by atoms with Crippen LogP contribution in [0.15, 0.2) is 114 Å². The predicted molar refractivity (Wildman–Crippen MR) is 178 cm³/mol. The number of rotatable bonds is 10. The van der Waals surface area contributed by atoms with Crippen LogP contribution in [0.1, 0.15) is 64.0 Å². The standard InChI is InChI=1S/C31H38N2O4.C6H5NO2/c1-5-36-29(34)27-20-28(23(3)32-22(27)2)30(35)37-31(4)17-19-33(21-31)18-16-26(24-12-8-6-9-13-24)25-14-10-7-11-15-25;8-7(9)6-4-2-1-3-5-6/h6-15,26,32H,5,16-21H2,1-4H3;1-5H/t31-;/m1./s1. The molecule has 1 fully saturated rings. The highest BCUT2D eigenvalue weighted by Crippen LogP contribution is 2.32. The fraction of sp³-hybridized carbons (Fsp3) is 0.351. The zero-order valence-corrected chi connectivity index (χ0v) is 27.0. The summed E-state index contributed by atoms with van der Waals surface area (Å²) in [7, 11) is 0. The van der Waals surface area contributed by atoms with Gasteiger partial charge in [0.2, 0.25) is 0 Å². The van der Waals surface area contributed by atoms with Gasteiger partial charge in [-0.05, 0) is 51.8 Å². The molecule has 242 valence electrons. The number of dihydropyridines is 1. The van der Waals surface area contributed by atoms with Crippen LogP contribution >= 0.6 is 0 Å². The summed E-state index contributed by atoms with van der Waals surface area (Å²) in [5, 5.41) is 13.2. The highest BCUT2D eigenvalue weighted by molar-refractivity contribution is 5.96. The van der Waals surface area contributed by atoms with Crippen LogP contribution in [0.2, 0.25) is 0 Å². The van der Waals surface area contributed by atoms with Gasteiger partial charge in [-0.1, -0.05) is 78.9 Å². The average Bonchev–Trinajstić information content (AvgIpc) is 3.42. The maximum Gasteiger partial charge on any atom is 0.336 e. The molecule has 0 spiro atoms. The highest BCUT2D eigenvalue weighted by atomic mass is 16.6. The van der Waals surface area contributed by atoms with Gasteiger partial charge in [0, 0.05) is 55.4 Å². The number of carbonyl (C=O) groups is 2. The van der Waals surface area contributed by atoms with Gasteiger partial charge in [-0.25, -0.2) is 9.59 Å². The molecule has 0 radical (unpaired) electrons. The first kappa shape index (κ1) is 34.1. The second-order valence-electron chi connectivity index (χ2n) is 11.9. The summed E-state index contributed by atoms with van der Waals surface area (Å²) in [6, 6.07) is 29.2.